The highest BCUT2D eigenvalue weighted by Gasteiger charge is 1.99. The van der Waals surface area contributed by atoms with Gasteiger partial charge in [0.25, 0.3) is 0 Å². The van der Waals surface area contributed by atoms with E-state index in [2.05, 4.69) is 57.5 Å². The van der Waals surface area contributed by atoms with Crippen molar-refractivity contribution in [1.82, 2.24) is 19.9 Å². The molecule has 0 N–H and O–H groups in total. The van der Waals surface area contributed by atoms with Crippen molar-refractivity contribution in [1.29, 1.82) is 0 Å². The van der Waals surface area contributed by atoms with Gasteiger partial charge < -0.3 is 9.47 Å². The van der Waals surface area contributed by atoms with Gasteiger partial charge in [0.1, 0.15) is 11.4 Å². The van der Waals surface area contributed by atoms with E-state index < -0.39 is 0 Å². The van der Waals surface area contributed by atoms with Gasteiger partial charge in [0.05, 0.1) is 38.0 Å². The van der Waals surface area contributed by atoms with Gasteiger partial charge in [0.2, 0.25) is 11.8 Å². The molecule has 230 valence electrons. The molecule has 0 bridgehead atoms. The van der Waals surface area contributed by atoms with E-state index in [0.717, 1.165) is 12.8 Å². The zero-order valence-electron chi connectivity index (χ0n) is 26.5. The minimum atomic E-state index is 0.535. The van der Waals surface area contributed by atoms with E-state index in [4.69, 9.17) is 9.47 Å². The minimum Gasteiger partial charge on any atom is -0.477 e. The molecule has 0 fully saturated rings. The lowest BCUT2D eigenvalue weighted by molar-refractivity contribution is 0.291. The molecule has 2 rings (SSSR count). The summed E-state index contributed by atoms with van der Waals surface area (Å²) in [5, 5.41) is 0. The molecule has 0 amide bonds. The van der Waals surface area contributed by atoms with Crippen molar-refractivity contribution in [2.24, 2.45) is 0 Å². The molecule has 0 unspecified atom stereocenters. The van der Waals surface area contributed by atoms with Crippen LogP contribution in [-0.2, 0) is 0 Å². The zero-order valence-corrected chi connectivity index (χ0v) is 26.5. The van der Waals surface area contributed by atoms with Gasteiger partial charge in [-0.2, -0.15) is 0 Å². The Morgan fingerprint density at radius 1 is 0.429 bits per heavy atom. The highest BCUT2D eigenvalue weighted by Crippen LogP contribution is 2.12. The first-order valence-corrected chi connectivity index (χ1v) is 16.7. The minimum absolute atomic E-state index is 0.535. The number of aromatic nitrogens is 4. The Morgan fingerprint density at radius 3 is 1.07 bits per heavy atom. The smallest absolute Gasteiger partial charge is 0.232 e. The predicted molar refractivity (Wildman–Crippen MR) is 172 cm³/mol. The summed E-state index contributed by atoms with van der Waals surface area (Å²) in [7, 11) is 0. The molecule has 0 saturated heterocycles. The second-order valence-corrected chi connectivity index (χ2v) is 11.0. The van der Waals surface area contributed by atoms with Crippen LogP contribution in [-0.4, -0.2) is 33.1 Å². The Kier molecular flexibility index (Phi) is 21.4. The van der Waals surface area contributed by atoms with E-state index in [1.54, 1.807) is 24.8 Å². The van der Waals surface area contributed by atoms with Crippen molar-refractivity contribution in [2.75, 3.05) is 13.2 Å². The summed E-state index contributed by atoms with van der Waals surface area (Å²) in [6.07, 6.45) is 32.6. The standard InChI is InChI=1S/C36H54N4O2/c1-3-5-7-9-11-13-15-17-19-23-27-41-35-31-37-33(29-39-35)25-21-22-26-34-30-40-36(32-38-34)42-28-24-20-18-16-14-12-10-8-6-4-2/h29-32H,3-20,23-24,27-28H2,1-2H3. The topological polar surface area (TPSA) is 70.0 Å². The number of ether oxygens (including phenoxy) is 2. The second-order valence-electron chi connectivity index (χ2n) is 11.0. The van der Waals surface area contributed by atoms with Crippen molar-refractivity contribution < 1.29 is 9.47 Å². The Balaban J connectivity index is 1.53. The van der Waals surface area contributed by atoms with E-state index in [0.29, 0.717) is 36.4 Å². The van der Waals surface area contributed by atoms with Crippen LogP contribution in [0.5, 0.6) is 11.8 Å². The van der Waals surface area contributed by atoms with Crippen molar-refractivity contribution in [3.63, 3.8) is 0 Å². The van der Waals surface area contributed by atoms with Gasteiger partial charge in [-0.15, -0.1) is 0 Å². The fraction of sp³-hybridized carbons (Fsp3) is 0.667. The molecule has 0 aliphatic heterocycles. The molecule has 0 radical (unpaired) electrons. The van der Waals surface area contributed by atoms with Crippen LogP contribution in [0.3, 0.4) is 0 Å². The van der Waals surface area contributed by atoms with Crippen LogP contribution in [0.2, 0.25) is 0 Å². The van der Waals surface area contributed by atoms with E-state index in [1.165, 1.54) is 116 Å². The number of rotatable bonds is 24. The quantitative estimate of drug-likeness (QED) is 0.0919. The molecule has 0 spiro atoms. The first-order valence-electron chi connectivity index (χ1n) is 16.7. The van der Waals surface area contributed by atoms with Gasteiger partial charge in [-0.05, 0) is 36.5 Å². The lowest BCUT2D eigenvalue weighted by Gasteiger charge is -2.05. The monoisotopic (exact) mass is 574 g/mol. The maximum absolute atomic E-state index is 5.72. The van der Waals surface area contributed by atoms with Gasteiger partial charge in [0, 0.05) is 0 Å². The van der Waals surface area contributed by atoms with E-state index in [-0.39, 0.29) is 0 Å². The summed E-state index contributed by atoms with van der Waals surface area (Å²) < 4.78 is 11.4. The maximum atomic E-state index is 5.72. The zero-order chi connectivity index (χ0) is 29.8. The summed E-state index contributed by atoms with van der Waals surface area (Å²) in [6.45, 7) is 5.87. The summed E-state index contributed by atoms with van der Waals surface area (Å²) in [5.74, 6) is 12.5. The fourth-order valence-electron chi connectivity index (χ4n) is 4.63. The molecule has 6 heteroatoms. The Bertz CT molecular complexity index is 947. The molecular formula is C36H54N4O2. The van der Waals surface area contributed by atoms with Crippen molar-refractivity contribution >= 4 is 0 Å². The normalized spacial score (nSPS) is 10.4. The Morgan fingerprint density at radius 2 is 0.762 bits per heavy atom. The Hall–Kier alpha value is -3.12. The van der Waals surface area contributed by atoms with Crippen molar-refractivity contribution in [2.45, 2.75) is 142 Å². The van der Waals surface area contributed by atoms with Gasteiger partial charge in [-0.1, -0.05) is 129 Å². The highest BCUT2D eigenvalue weighted by atomic mass is 16.5. The molecule has 0 saturated carbocycles. The third-order valence-electron chi connectivity index (χ3n) is 7.20. The molecule has 2 aromatic rings. The summed E-state index contributed by atoms with van der Waals surface area (Å²) in [5.41, 5.74) is 1.11. The van der Waals surface area contributed by atoms with Crippen LogP contribution in [0.4, 0.5) is 0 Å². The number of hydrogen-bond acceptors (Lipinski definition) is 6. The third-order valence-corrected chi connectivity index (χ3v) is 7.20. The predicted octanol–water partition coefficient (Wildman–Crippen LogP) is 9.27. The largest absolute Gasteiger partial charge is 0.477 e. The average Bonchev–Trinajstić information content (AvgIpc) is 3.02. The van der Waals surface area contributed by atoms with Crippen LogP contribution in [0.15, 0.2) is 24.8 Å². The van der Waals surface area contributed by atoms with Gasteiger partial charge in [-0.25, -0.2) is 19.9 Å². The lowest BCUT2D eigenvalue weighted by Crippen LogP contribution is -2.00. The molecule has 2 heterocycles. The van der Waals surface area contributed by atoms with Crippen LogP contribution >= 0.6 is 0 Å². The first-order chi connectivity index (χ1) is 20.8. The number of nitrogens with zero attached hydrogens (tertiary/aromatic N) is 4. The molecular weight excluding hydrogens is 520 g/mol. The average molecular weight is 575 g/mol. The van der Waals surface area contributed by atoms with E-state index >= 15 is 0 Å². The van der Waals surface area contributed by atoms with Crippen LogP contribution in [0.25, 0.3) is 0 Å². The number of hydrogen-bond donors (Lipinski definition) is 0. The second kappa shape index (κ2) is 25.6. The van der Waals surface area contributed by atoms with Crippen LogP contribution in [0, 0.1) is 23.7 Å². The molecule has 0 aliphatic carbocycles. The van der Waals surface area contributed by atoms with E-state index in [1.807, 2.05) is 0 Å². The Labute approximate surface area is 256 Å². The lowest BCUT2D eigenvalue weighted by atomic mass is 10.1. The molecule has 2 aromatic heterocycles. The van der Waals surface area contributed by atoms with Gasteiger partial charge in [-0.3, -0.25) is 0 Å². The summed E-state index contributed by atoms with van der Waals surface area (Å²) in [4.78, 5) is 17.2. The fourth-order valence-corrected chi connectivity index (χ4v) is 4.63. The number of unbranched alkanes of at least 4 members (excludes halogenated alkanes) is 18. The molecule has 6 nitrogen and oxygen atoms in total. The van der Waals surface area contributed by atoms with Gasteiger partial charge >= 0.3 is 0 Å². The van der Waals surface area contributed by atoms with Crippen molar-refractivity contribution in [3.8, 4) is 35.4 Å². The third kappa shape index (κ3) is 19.1. The van der Waals surface area contributed by atoms with Gasteiger partial charge in [0.15, 0.2) is 0 Å². The molecule has 0 atom stereocenters. The van der Waals surface area contributed by atoms with Crippen molar-refractivity contribution in [3.05, 3.63) is 36.2 Å². The molecule has 42 heavy (non-hydrogen) atoms. The molecule has 0 aliphatic rings. The maximum Gasteiger partial charge on any atom is 0.232 e. The van der Waals surface area contributed by atoms with E-state index in [9.17, 15) is 0 Å². The van der Waals surface area contributed by atoms with Crippen LogP contribution in [0.1, 0.15) is 154 Å². The van der Waals surface area contributed by atoms with Crippen LogP contribution < -0.4 is 9.47 Å². The summed E-state index contributed by atoms with van der Waals surface area (Å²) in [6, 6.07) is 0. The SMILES string of the molecule is CCCCCCCCCCCCOc1cnc(C#CC#Cc2cnc(OCCCCCCCCCCCC)cn2)cn1. The first kappa shape index (κ1) is 35.1. The summed E-state index contributed by atoms with van der Waals surface area (Å²) >= 11 is 0. The molecule has 0 aromatic carbocycles. The highest BCUT2D eigenvalue weighted by molar-refractivity contribution is 5.39.